The Kier molecular flexibility index (Phi) is 4.60. The molecule has 1 atom stereocenters. The van der Waals surface area contributed by atoms with Crippen molar-refractivity contribution < 1.29 is 4.74 Å². The van der Waals surface area contributed by atoms with Crippen LogP contribution in [-0.2, 0) is 12.8 Å². The first-order valence-corrected chi connectivity index (χ1v) is 9.85. The highest BCUT2D eigenvalue weighted by Gasteiger charge is 2.26. The standard InChI is InChI=1S/C21H21N3OS/c1-13(2)25-19-10-9-15(11-16(19)12-22)20-23-24-21(26-20)18-8-4-6-14-5-3-7-17(14)18/h4,6,8-11,13,20,23H,3,5,7H2,1-2H3. The average Bonchev–Trinajstić information content (AvgIpc) is 3.30. The SMILES string of the molecule is CC(C)Oc1ccc(C2NN=C(c3cccc4c3CCC4)S2)cc1C#N. The molecule has 0 aromatic heterocycles. The van der Waals surface area contributed by atoms with E-state index in [1.54, 1.807) is 11.8 Å². The molecule has 1 aliphatic heterocycles. The first kappa shape index (κ1) is 17.0. The van der Waals surface area contributed by atoms with Gasteiger partial charge in [0.15, 0.2) is 0 Å². The summed E-state index contributed by atoms with van der Waals surface area (Å²) < 4.78 is 5.72. The summed E-state index contributed by atoms with van der Waals surface area (Å²) in [4.78, 5) is 0. The van der Waals surface area contributed by atoms with Gasteiger partial charge in [0.1, 0.15) is 22.2 Å². The normalized spacial score (nSPS) is 18.2. The van der Waals surface area contributed by atoms with E-state index in [2.05, 4.69) is 34.8 Å². The molecule has 1 unspecified atom stereocenters. The molecule has 0 spiro atoms. The summed E-state index contributed by atoms with van der Waals surface area (Å²) in [6.45, 7) is 3.92. The van der Waals surface area contributed by atoms with Crippen LogP contribution in [0.3, 0.4) is 0 Å². The van der Waals surface area contributed by atoms with E-state index >= 15 is 0 Å². The fourth-order valence-electron chi connectivity index (χ4n) is 3.52. The van der Waals surface area contributed by atoms with E-state index in [0.717, 1.165) is 17.0 Å². The van der Waals surface area contributed by atoms with E-state index < -0.39 is 0 Å². The zero-order valence-corrected chi connectivity index (χ0v) is 15.8. The second-order valence-electron chi connectivity index (χ2n) is 6.87. The van der Waals surface area contributed by atoms with Gasteiger partial charge in [-0.05, 0) is 61.9 Å². The molecule has 2 aliphatic rings. The maximum Gasteiger partial charge on any atom is 0.137 e. The Balaban J connectivity index is 1.56. The van der Waals surface area contributed by atoms with Crippen molar-refractivity contribution in [2.75, 3.05) is 0 Å². The van der Waals surface area contributed by atoms with Crippen molar-refractivity contribution in [3.8, 4) is 11.8 Å². The van der Waals surface area contributed by atoms with Gasteiger partial charge in [0.05, 0.1) is 11.7 Å². The summed E-state index contributed by atoms with van der Waals surface area (Å²) in [7, 11) is 0. The van der Waals surface area contributed by atoms with Crippen molar-refractivity contribution in [1.82, 2.24) is 5.43 Å². The molecule has 0 saturated heterocycles. The van der Waals surface area contributed by atoms with Crippen LogP contribution < -0.4 is 10.2 Å². The van der Waals surface area contributed by atoms with Gasteiger partial charge in [-0.1, -0.05) is 36.0 Å². The zero-order chi connectivity index (χ0) is 18.1. The Hall–Kier alpha value is -2.45. The molecule has 0 amide bonds. The minimum Gasteiger partial charge on any atom is -0.490 e. The Bertz CT molecular complexity index is 914. The van der Waals surface area contributed by atoms with Crippen molar-refractivity contribution in [1.29, 1.82) is 5.26 Å². The molecule has 1 heterocycles. The van der Waals surface area contributed by atoms with Gasteiger partial charge in [0.25, 0.3) is 0 Å². The van der Waals surface area contributed by atoms with Crippen molar-refractivity contribution in [2.24, 2.45) is 5.10 Å². The lowest BCUT2D eigenvalue weighted by atomic mass is 10.0. The number of ether oxygens (including phenoxy) is 1. The maximum atomic E-state index is 9.45. The molecule has 0 bridgehead atoms. The molecule has 26 heavy (non-hydrogen) atoms. The highest BCUT2D eigenvalue weighted by atomic mass is 32.2. The number of hydrogen-bond donors (Lipinski definition) is 1. The fraction of sp³-hybridized carbons (Fsp3) is 0.333. The molecule has 2 aromatic rings. The fourth-order valence-corrected chi connectivity index (χ4v) is 4.56. The Morgan fingerprint density at radius 3 is 2.96 bits per heavy atom. The van der Waals surface area contributed by atoms with Crippen LogP contribution in [0.2, 0.25) is 0 Å². The third-order valence-corrected chi connectivity index (χ3v) is 5.83. The highest BCUT2D eigenvalue weighted by Crippen LogP contribution is 2.38. The predicted molar refractivity (Wildman–Crippen MR) is 105 cm³/mol. The molecule has 4 rings (SSSR count). The van der Waals surface area contributed by atoms with Crippen molar-refractivity contribution in [3.05, 3.63) is 64.2 Å². The van der Waals surface area contributed by atoms with E-state index in [9.17, 15) is 5.26 Å². The lowest BCUT2D eigenvalue weighted by Gasteiger charge is -2.14. The highest BCUT2D eigenvalue weighted by molar-refractivity contribution is 8.14. The van der Waals surface area contributed by atoms with Crippen LogP contribution in [0.15, 0.2) is 41.5 Å². The second kappa shape index (κ2) is 7.05. The van der Waals surface area contributed by atoms with E-state index in [1.165, 1.54) is 29.5 Å². The van der Waals surface area contributed by atoms with Crippen LogP contribution in [0, 0.1) is 11.3 Å². The number of hydrogen-bond acceptors (Lipinski definition) is 5. The number of fused-ring (bicyclic) bond motifs is 1. The maximum absolute atomic E-state index is 9.45. The largest absolute Gasteiger partial charge is 0.490 e. The number of nitrogens with one attached hydrogen (secondary N) is 1. The van der Waals surface area contributed by atoms with Crippen molar-refractivity contribution in [3.63, 3.8) is 0 Å². The molecule has 0 radical (unpaired) electrons. The molecule has 2 aromatic carbocycles. The van der Waals surface area contributed by atoms with Crippen LogP contribution in [0.25, 0.3) is 0 Å². The average molecular weight is 363 g/mol. The van der Waals surface area contributed by atoms with Gasteiger partial charge in [-0.2, -0.15) is 10.4 Å². The Morgan fingerprint density at radius 2 is 2.15 bits per heavy atom. The third-order valence-electron chi connectivity index (χ3n) is 4.68. The molecular weight excluding hydrogens is 342 g/mol. The summed E-state index contributed by atoms with van der Waals surface area (Å²) in [5, 5.41) is 15.1. The monoisotopic (exact) mass is 363 g/mol. The molecule has 1 aliphatic carbocycles. The first-order valence-electron chi connectivity index (χ1n) is 8.97. The number of nitrogens with zero attached hydrogens (tertiary/aromatic N) is 2. The van der Waals surface area contributed by atoms with E-state index in [1.807, 2.05) is 32.0 Å². The number of nitriles is 1. The number of hydrazone groups is 1. The zero-order valence-electron chi connectivity index (χ0n) is 15.0. The van der Waals surface area contributed by atoms with Gasteiger partial charge in [0.2, 0.25) is 0 Å². The molecule has 132 valence electrons. The number of thioether (sulfide) groups is 1. The smallest absolute Gasteiger partial charge is 0.137 e. The molecule has 0 fully saturated rings. The summed E-state index contributed by atoms with van der Waals surface area (Å²) >= 11 is 1.71. The van der Waals surface area contributed by atoms with E-state index in [4.69, 9.17) is 4.74 Å². The van der Waals surface area contributed by atoms with Gasteiger partial charge in [0, 0.05) is 5.56 Å². The molecule has 4 nitrogen and oxygen atoms in total. The van der Waals surface area contributed by atoms with E-state index in [0.29, 0.717) is 11.3 Å². The molecule has 1 N–H and O–H groups in total. The number of benzene rings is 2. The van der Waals surface area contributed by atoms with Crippen LogP contribution in [-0.4, -0.2) is 11.1 Å². The van der Waals surface area contributed by atoms with Gasteiger partial charge < -0.3 is 4.74 Å². The molecule has 0 saturated carbocycles. The lowest BCUT2D eigenvalue weighted by Crippen LogP contribution is -2.09. The number of rotatable bonds is 4. The van der Waals surface area contributed by atoms with Gasteiger partial charge in [-0.25, -0.2) is 0 Å². The van der Waals surface area contributed by atoms with Crippen LogP contribution in [0.5, 0.6) is 5.75 Å². The van der Waals surface area contributed by atoms with Crippen LogP contribution in [0.1, 0.15) is 53.5 Å². The van der Waals surface area contributed by atoms with Crippen molar-refractivity contribution >= 4 is 16.8 Å². The minimum atomic E-state index is 0.0162. The third kappa shape index (κ3) is 3.17. The Labute approximate surface area is 158 Å². The molecular formula is C21H21N3OS. The summed E-state index contributed by atoms with van der Waals surface area (Å²) in [6, 6.07) is 14.6. The minimum absolute atomic E-state index is 0.0162. The lowest BCUT2D eigenvalue weighted by molar-refractivity contribution is 0.241. The van der Waals surface area contributed by atoms with Gasteiger partial charge >= 0.3 is 0 Å². The predicted octanol–water partition coefficient (Wildman–Crippen LogP) is 4.53. The second-order valence-corrected chi connectivity index (χ2v) is 7.97. The van der Waals surface area contributed by atoms with Crippen LogP contribution >= 0.6 is 11.8 Å². The van der Waals surface area contributed by atoms with Gasteiger partial charge in [-0.3, -0.25) is 5.43 Å². The molecule has 5 heteroatoms. The summed E-state index contributed by atoms with van der Waals surface area (Å²) in [6.07, 6.45) is 3.57. The number of aryl methyl sites for hydroxylation is 1. The topological polar surface area (TPSA) is 57.4 Å². The Morgan fingerprint density at radius 1 is 1.27 bits per heavy atom. The van der Waals surface area contributed by atoms with E-state index in [-0.39, 0.29) is 11.5 Å². The quantitative estimate of drug-likeness (QED) is 0.867. The summed E-state index contributed by atoms with van der Waals surface area (Å²) in [5.41, 5.74) is 8.97. The van der Waals surface area contributed by atoms with Crippen LogP contribution in [0.4, 0.5) is 0 Å². The summed E-state index contributed by atoms with van der Waals surface area (Å²) in [5.74, 6) is 0.635. The first-order chi connectivity index (χ1) is 12.7. The van der Waals surface area contributed by atoms with Crippen molar-refractivity contribution in [2.45, 2.75) is 44.6 Å². The van der Waals surface area contributed by atoms with Gasteiger partial charge in [-0.15, -0.1) is 0 Å².